The quantitative estimate of drug-likeness (QED) is 0.772. The summed E-state index contributed by atoms with van der Waals surface area (Å²) in [6.07, 6.45) is 1.49. The number of fused-ring (bicyclic) bond motifs is 1. The minimum atomic E-state index is -0.276. The first-order chi connectivity index (χ1) is 8.77. The van der Waals surface area contributed by atoms with Gasteiger partial charge in [0, 0.05) is 6.54 Å². The summed E-state index contributed by atoms with van der Waals surface area (Å²) < 4.78 is 19.4. The molecule has 1 aromatic heterocycles. The van der Waals surface area contributed by atoms with Gasteiger partial charge >= 0.3 is 0 Å². The topological polar surface area (TPSA) is 38.2 Å². The van der Waals surface area contributed by atoms with Crippen LogP contribution in [0.2, 0.25) is 0 Å². The van der Waals surface area contributed by atoms with Gasteiger partial charge in [0.05, 0.1) is 30.2 Å². The molecule has 0 amide bonds. The molecule has 2 aromatic rings. The SMILES string of the molecule is CC1COCCN1c1ncnc2cccc(F)c12. The first-order valence-corrected chi connectivity index (χ1v) is 6.01. The van der Waals surface area contributed by atoms with E-state index in [1.54, 1.807) is 12.1 Å². The van der Waals surface area contributed by atoms with Crippen LogP contribution in [0, 0.1) is 5.82 Å². The zero-order valence-corrected chi connectivity index (χ0v) is 10.1. The van der Waals surface area contributed by atoms with Crippen LogP contribution in [-0.2, 0) is 4.74 Å². The first kappa shape index (κ1) is 11.3. The van der Waals surface area contributed by atoms with Crippen LogP contribution in [0.15, 0.2) is 24.5 Å². The van der Waals surface area contributed by atoms with E-state index in [1.165, 1.54) is 12.4 Å². The van der Waals surface area contributed by atoms with Gasteiger partial charge in [-0.25, -0.2) is 14.4 Å². The molecule has 18 heavy (non-hydrogen) atoms. The van der Waals surface area contributed by atoms with E-state index in [0.29, 0.717) is 29.9 Å². The van der Waals surface area contributed by atoms with Crippen molar-refractivity contribution in [2.24, 2.45) is 0 Å². The Kier molecular flexibility index (Phi) is 2.83. The monoisotopic (exact) mass is 247 g/mol. The van der Waals surface area contributed by atoms with Gasteiger partial charge in [0.15, 0.2) is 0 Å². The molecule has 4 nitrogen and oxygen atoms in total. The van der Waals surface area contributed by atoms with Crippen LogP contribution < -0.4 is 4.90 Å². The van der Waals surface area contributed by atoms with Crippen molar-refractivity contribution < 1.29 is 9.13 Å². The maximum atomic E-state index is 14.0. The number of benzene rings is 1. The molecule has 5 heteroatoms. The fraction of sp³-hybridized carbons (Fsp3) is 0.385. The molecule has 0 bridgehead atoms. The van der Waals surface area contributed by atoms with Crippen molar-refractivity contribution in [2.75, 3.05) is 24.7 Å². The molecular formula is C13H14FN3O. The summed E-state index contributed by atoms with van der Waals surface area (Å²) in [6.45, 7) is 4.06. The van der Waals surface area contributed by atoms with E-state index in [-0.39, 0.29) is 11.9 Å². The highest BCUT2D eigenvalue weighted by Gasteiger charge is 2.23. The van der Waals surface area contributed by atoms with Crippen molar-refractivity contribution in [3.05, 3.63) is 30.3 Å². The van der Waals surface area contributed by atoms with E-state index < -0.39 is 0 Å². The fourth-order valence-electron chi connectivity index (χ4n) is 2.31. The number of hydrogen-bond donors (Lipinski definition) is 0. The Hall–Kier alpha value is -1.75. The van der Waals surface area contributed by atoms with Gasteiger partial charge in [-0.3, -0.25) is 0 Å². The smallest absolute Gasteiger partial charge is 0.143 e. The number of rotatable bonds is 1. The first-order valence-electron chi connectivity index (χ1n) is 6.01. The lowest BCUT2D eigenvalue weighted by Gasteiger charge is -2.34. The lowest BCUT2D eigenvalue weighted by Crippen LogP contribution is -2.44. The van der Waals surface area contributed by atoms with Crippen LogP contribution in [0.4, 0.5) is 10.2 Å². The lowest BCUT2D eigenvalue weighted by atomic mass is 10.2. The maximum Gasteiger partial charge on any atom is 0.143 e. The average molecular weight is 247 g/mol. The number of ether oxygens (including phenoxy) is 1. The average Bonchev–Trinajstić information content (AvgIpc) is 2.39. The summed E-state index contributed by atoms with van der Waals surface area (Å²) in [4.78, 5) is 10.5. The summed E-state index contributed by atoms with van der Waals surface area (Å²) in [6, 6.07) is 5.10. The molecule has 1 atom stereocenters. The van der Waals surface area contributed by atoms with Gasteiger partial charge in [-0.2, -0.15) is 0 Å². The van der Waals surface area contributed by atoms with Crippen molar-refractivity contribution in [1.82, 2.24) is 9.97 Å². The predicted molar refractivity (Wildman–Crippen MR) is 67.1 cm³/mol. The van der Waals surface area contributed by atoms with Crippen molar-refractivity contribution in [1.29, 1.82) is 0 Å². The third-order valence-electron chi connectivity index (χ3n) is 3.23. The summed E-state index contributed by atoms with van der Waals surface area (Å²) in [5.41, 5.74) is 0.638. The second-order valence-electron chi connectivity index (χ2n) is 4.45. The van der Waals surface area contributed by atoms with E-state index in [2.05, 4.69) is 14.9 Å². The van der Waals surface area contributed by atoms with E-state index in [1.807, 2.05) is 6.92 Å². The standard InChI is InChI=1S/C13H14FN3O/c1-9-7-18-6-5-17(9)13-12-10(14)3-2-4-11(12)15-8-16-13/h2-4,8-9H,5-7H2,1H3. The third-order valence-corrected chi connectivity index (χ3v) is 3.23. The zero-order valence-electron chi connectivity index (χ0n) is 10.1. The molecule has 0 N–H and O–H groups in total. The van der Waals surface area contributed by atoms with Crippen LogP contribution in [0.5, 0.6) is 0 Å². The Morgan fingerprint density at radius 2 is 2.28 bits per heavy atom. The second kappa shape index (κ2) is 4.49. The number of hydrogen-bond acceptors (Lipinski definition) is 4. The molecule has 94 valence electrons. The van der Waals surface area contributed by atoms with Crippen LogP contribution in [0.3, 0.4) is 0 Å². The molecule has 1 saturated heterocycles. The number of anilines is 1. The normalized spacial score (nSPS) is 20.3. The Morgan fingerprint density at radius 1 is 1.39 bits per heavy atom. The molecular weight excluding hydrogens is 233 g/mol. The molecule has 3 rings (SSSR count). The molecule has 1 aliphatic rings. The molecule has 0 aliphatic carbocycles. The Morgan fingerprint density at radius 3 is 3.11 bits per heavy atom. The zero-order chi connectivity index (χ0) is 12.5. The third kappa shape index (κ3) is 1.80. The van der Waals surface area contributed by atoms with Gasteiger partial charge < -0.3 is 9.64 Å². The Bertz CT molecular complexity index is 570. The molecule has 1 aliphatic heterocycles. The largest absolute Gasteiger partial charge is 0.377 e. The van der Waals surface area contributed by atoms with Crippen LogP contribution in [0.25, 0.3) is 10.9 Å². The number of nitrogens with zero attached hydrogens (tertiary/aromatic N) is 3. The van der Waals surface area contributed by atoms with E-state index in [4.69, 9.17) is 4.74 Å². The van der Waals surface area contributed by atoms with E-state index in [0.717, 1.165) is 6.54 Å². The molecule has 0 spiro atoms. The summed E-state index contributed by atoms with van der Waals surface area (Å²) in [5, 5.41) is 0.494. The maximum absolute atomic E-state index is 14.0. The van der Waals surface area contributed by atoms with Crippen molar-refractivity contribution in [3.8, 4) is 0 Å². The highest BCUT2D eigenvalue weighted by atomic mass is 19.1. The van der Waals surface area contributed by atoms with Gasteiger partial charge in [-0.05, 0) is 19.1 Å². The second-order valence-corrected chi connectivity index (χ2v) is 4.45. The van der Waals surface area contributed by atoms with Gasteiger partial charge in [0.1, 0.15) is 18.0 Å². The summed E-state index contributed by atoms with van der Waals surface area (Å²) in [5.74, 6) is 0.385. The van der Waals surface area contributed by atoms with E-state index >= 15 is 0 Å². The molecule has 1 unspecified atom stereocenters. The predicted octanol–water partition coefficient (Wildman–Crippen LogP) is 1.99. The van der Waals surface area contributed by atoms with Crippen LogP contribution in [-0.4, -0.2) is 35.8 Å². The van der Waals surface area contributed by atoms with Gasteiger partial charge in [-0.15, -0.1) is 0 Å². The summed E-state index contributed by atoms with van der Waals surface area (Å²) >= 11 is 0. The minimum absolute atomic E-state index is 0.191. The van der Waals surface area contributed by atoms with Crippen molar-refractivity contribution in [3.63, 3.8) is 0 Å². The van der Waals surface area contributed by atoms with Gasteiger partial charge in [-0.1, -0.05) is 6.07 Å². The molecule has 0 saturated carbocycles. The van der Waals surface area contributed by atoms with Crippen molar-refractivity contribution in [2.45, 2.75) is 13.0 Å². The van der Waals surface area contributed by atoms with Crippen LogP contribution >= 0.6 is 0 Å². The Labute approximate surface area is 104 Å². The molecule has 0 radical (unpaired) electrons. The highest BCUT2D eigenvalue weighted by molar-refractivity contribution is 5.90. The molecule has 1 aromatic carbocycles. The number of aromatic nitrogens is 2. The number of morpholine rings is 1. The molecule has 2 heterocycles. The number of halogens is 1. The van der Waals surface area contributed by atoms with Crippen LogP contribution in [0.1, 0.15) is 6.92 Å². The van der Waals surface area contributed by atoms with Gasteiger partial charge in [0.2, 0.25) is 0 Å². The van der Waals surface area contributed by atoms with Crippen molar-refractivity contribution >= 4 is 16.7 Å². The van der Waals surface area contributed by atoms with E-state index in [9.17, 15) is 4.39 Å². The highest BCUT2D eigenvalue weighted by Crippen LogP contribution is 2.27. The fourth-order valence-corrected chi connectivity index (χ4v) is 2.31. The summed E-state index contributed by atoms with van der Waals surface area (Å²) in [7, 11) is 0. The molecule has 1 fully saturated rings. The lowest BCUT2D eigenvalue weighted by molar-refractivity contribution is 0.0986. The minimum Gasteiger partial charge on any atom is -0.377 e. The Balaban J connectivity index is 2.16. The van der Waals surface area contributed by atoms with Gasteiger partial charge in [0.25, 0.3) is 0 Å².